The Kier molecular flexibility index (Phi) is 4.16. The number of hydrogen-bond acceptors (Lipinski definition) is 1. The van der Waals surface area contributed by atoms with Crippen molar-refractivity contribution in [2.75, 3.05) is 5.32 Å². The van der Waals surface area contributed by atoms with E-state index in [2.05, 4.69) is 37.1 Å². The minimum Gasteiger partial charge on any atom is -0.370 e. The molecule has 0 heterocycles. The van der Waals surface area contributed by atoms with Crippen LogP contribution in [0.25, 0.3) is 0 Å². The first kappa shape index (κ1) is 13.6. The van der Waals surface area contributed by atoms with Crippen molar-refractivity contribution in [3.05, 3.63) is 29.8 Å². The molecule has 0 unspecified atom stereocenters. The maximum atomic E-state index is 5.86. The van der Waals surface area contributed by atoms with Gasteiger partial charge >= 0.3 is 0 Å². The van der Waals surface area contributed by atoms with Crippen LogP contribution in [0.1, 0.15) is 40.2 Å². The summed E-state index contributed by atoms with van der Waals surface area (Å²) in [6, 6.07) is 8.39. The van der Waals surface area contributed by atoms with Crippen molar-refractivity contribution in [2.24, 2.45) is 10.7 Å². The SMILES string of the molecule is CC(C)N=C(N)Nc1ccccc1C(C)(C)C. The molecule has 3 nitrogen and oxygen atoms in total. The van der Waals surface area contributed by atoms with Gasteiger partial charge in [0.1, 0.15) is 0 Å². The molecule has 3 heteroatoms. The molecule has 0 saturated heterocycles. The van der Waals surface area contributed by atoms with E-state index in [1.807, 2.05) is 32.0 Å². The van der Waals surface area contributed by atoms with Crippen molar-refractivity contribution in [1.82, 2.24) is 0 Å². The summed E-state index contributed by atoms with van der Waals surface area (Å²) in [6.45, 7) is 10.6. The first-order valence-electron chi connectivity index (χ1n) is 6.00. The second-order valence-electron chi connectivity index (χ2n) is 5.53. The zero-order valence-electron chi connectivity index (χ0n) is 11.4. The number of anilines is 1. The Morgan fingerprint density at radius 1 is 1.24 bits per heavy atom. The van der Waals surface area contributed by atoms with E-state index in [4.69, 9.17) is 5.73 Å². The van der Waals surface area contributed by atoms with Crippen LogP contribution in [-0.4, -0.2) is 12.0 Å². The number of nitrogens with two attached hydrogens (primary N) is 1. The molecule has 1 rings (SSSR count). The number of para-hydroxylation sites is 1. The van der Waals surface area contributed by atoms with Crippen LogP contribution in [0.5, 0.6) is 0 Å². The number of aliphatic imine (C=N–C) groups is 1. The van der Waals surface area contributed by atoms with E-state index in [1.54, 1.807) is 0 Å². The highest BCUT2D eigenvalue weighted by molar-refractivity contribution is 5.93. The van der Waals surface area contributed by atoms with Gasteiger partial charge in [-0.15, -0.1) is 0 Å². The zero-order valence-corrected chi connectivity index (χ0v) is 11.4. The molecule has 3 N–H and O–H groups in total. The number of nitrogens with zero attached hydrogens (tertiary/aromatic N) is 1. The van der Waals surface area contributed by atoms with E-state index in [1.165, 1.54) is 5.56 Å². The number of nitrogens with one attached hydrogen (secondary N) is 1. The monoisotopic (exact) mass is 233 g/mol. The van der Waals surface area contributed by atoms with E-state index in [0.29, 0.717) is 5.96 Å². The molecule has 0 aromatic heterocycles. The molecule has 0 bridgehead atoms. The molecule has 0 aliphatic carbocycles. The Morgan fingerprint density at radius 2 is 1.82 bits per heavy atom. The average Bonchev–Trinajstić information content (AvgIpc) is 2.15. The van der Waals surface area contributed by atoms with Crippen molar-refractivity contribution in [3.8, 4) is 0 Å². The molecule has 0 saturated carbocycles. The molecule has 0 fully saturated rings. The van der Waals surface area contributed by atoms with Crippen molar-refractivity contribution in [3.63, 3.8) is 0 Å². The Labute approximate surface area is 104 Å². The number of hydrogen-bond donors (Lipinski definition) is 2. The van der Waals surface area contributed by atoms with E-state index in [9.17, 15) is 0 Å². The lowest BCUT2D eigenvalue weighted by Gasteiger charge is -2.23. The van der Waals surface area contributed by atoms with Crippen molar-refractivity contribution < 1.29 is 0 Å². The van der Waals surface area contributed by atoms with E-state index < -0.39 is 0 Å². The second-order valence-corrected chi connectivity index (χ2v) is 5.53. The van der Waals surface area contributed by atoms with Crippen molar-refractivity contribution in [2.45, 2.75) is 46.1 Å². The lowest BCUT2D eigenvalue weighted by atomic mass is 9.86. The Balaban J connectivity index is 3.00. The number of guanidine groups is 1. The summed E-state index contributed by atoms with van der Waals surface area (Å²) in [7, 11) is 0. The normalized spacial score (nSPS) is 12.9. The lowest BCUT2D eigenvalue weighted by molar-refractivity contribution is 0.592. The summed E-state index contributed by atoms with van der Waals surface area (Å²) in [6.07, 6.45) is 0. The fraction of sp³-hybridized carbons (Fsp3) is 0.500. The van der Waals surface area contributed by atoms with Crippen LogP contribution < -0.4 is 11.1 Å². The molecule has 1 aromatic rings. The fourth-order valence-corrected chi connectivity index (χ4v) is 1.69. The predicted molar refractivity (Wildman–Crippen MR) is 75.5 cm³/mol. The smallest absolute Gasteiger partial charge is 0.193 e. The van der Waals surface area contributed by atoms with Gasteiger partial charge in [0.15, 0.2) is 5.96 Å². The highest BCUT2D eigenvalue weighted by Crippen LogP contribution is 2.28. The Bertz CT molecular complexity index is 400. The standard InChI is InChI=1S/C14H23N3/c1-10(2)16-13(15)17-12-9-7-6-8-11(12)14(3,4)5/h6-10H,1-5H3,(H3,15,16,17). The van der Waals surface area contributed by atoms with Gasteiger partial charge in [0.2, 0.25) is 0 Å². The van der Waals surface area contributed by atoms with Crippen LogP contribution in [0.15, 0.2) is 29.3 Å². The summed E-state index contributed by atoms with van der Waals surface area (Å²) in [5.41, 5.74) is 8.21. The van der Waals surface area contributed by atoms with Gasteiger partial charge in [-0.1, -0.05) is 39.0 Å². The van der Waals surface area contributed by atoms with Gasteiger partial charge in [0.05, 0.1) is 0 Å². The molecule has 0 spiro atoms. The first-order chi connectivity index (χ1) is 7.80. The summed E-state index contributed by atoms with van der Waals surface area (Å²) in [5, 5.41) is 3.18. The molecule has 0 atom stereocenters. The first-order valence-corrected chi connectivity index (χ1v) is 6.00. The summed E-state index contributed by atoms with van der Waals surface area (Å²) in [4.78, 5) is 4.28. The summed E-state index contributed by atoms with van der Waals surface area (Å²) < 4.78 is 0. The lowest BCUT2D eigenvalue weighted by Crippen LogP contribution is -2.26. The molecule has 0 aliphatic rings. The van der Waals surface area contributed by atoms with Gasteiger partial charge in [-0.25, -0.2) is 0 Å². The highest BCUT2D eigenvalue weighted by atomic mass is 15.1. The predicted octanol–water partition coefficient (Wildman–Crippen LogP) is 3.12. The van der Waals surface area contributed by atoms with E-state index >= 15 is 0 Å². The minimum absolute atomic E-state index is 0.0850. The van der Waals surface area contributed by atoms with E-state index in [0.717, 1.165) is 5.69 Å². The third kappa shape index (κ3) is 4.10. The summed E-state index contributed by atoms with van der Waals surface area (Å²) in [5.74, 6) is 0.469. The highest BCUT2D eigenvalue weighted by Gasteiger charge is 2.17. The molecule has 0 amide bonds. The molecular formula is C14H23N3. The fourth-order valence-electron chi connectivity index (χ4n) is 1.69. The van der Waals surface area contributed by atoms with Crippen LogP contribution >= 0.6 is 0 Å². The zero-order chi connectivity index (χ0) is 13.1. The number of benzene rings is 1. The maximum Gasteiger partial charge on any atom is 0.193 e. The third-order valence-corrected chi connectivity index (χ3v) is 2.40. The largest absolute Gasteiger partial charge is 0.370 e. The van der Waals surface area contributed by atoms with Crippen molar-refractivity contribution >= 4 is 11.6 Å². The average molecular weight is 233 g/mol. The Morgan fingerprint density at radius 3 is 2.35 bits per heavy atom. The topological polar surface area (TPSA) is 50.4 Å². The minimum atomic E-state index is 0.0850. The van der Waals surface area contributed by atoms with Crippen LogP contribution in [0.2, 0.25) is 0 Å². The quantitative estimate of drug-likeness (QED) is 0.609. The van der Waals surface area contributed by atoms with Crippen LogP contribution in [0.4, 0.5) is 5.69 Å². The molecular weight excluding hydrogens is 210 g/mol. The van der Waals surface area contributed by atoms with Crippen LogP contribution in [-0.2, 0) is 5.41 Å². The van der Waals surface area contributed by atoms with Gasteiger partial charge in [-0.3, -0.25) is 4.99 Å². The maximum absolute atomic E-state index is 5.86. The van der Waals surface area contributed by atoms with Gasteiger partial charge < -0.3 is 11.1 Å². The molecule has 1 aromatic carbocycles. The molecule has 0 radical (unpaired) electrons. The third-order valence-electron chi connectivity index (χ3n) is 2.40. The van der Waals surface area contributed by atoms with Gasteiger partial charge in [-0.2, -0.15) is 0 Å². The second kappa shape index (κ2) is 5.21. The van der Waals surface area contributed by atoms with Gasteiger partial charge in [-0.05, 0) is 30.9 Å². The molecule has 94 valence electrons. The molecule has 17 heavy (non-hydrogen) atoms. The van der Waals surface area contributed by atoms with E-state index in [-0.39, 0.29) is 11.5 Å². The van der Waals surface area contributed by atoms with Crippen LogP contribution in [0, 0.1) is 0 Å². The van der Waals surface area contributed by atoms with Gasteiger partial charge in [0, 0.05) is 11.7 Å². The number of rotatable bonds is 2. The van der Waals surface area contributed by atoms with Crippen LogP contribution in [0.3, 0.4) is 0 Å². The molecule has 0 aliphatic heterocycles. The van der Waals surface area contributed by atoms with Crippen molar-refractivity contribution in [1.29, 1.82) is 0 Å². The summed E-state index contributed by atoms with van der Waals surface area (Å²) >= 11 is 0. The Hall–Kier alpha value is -1.51. The van der Waals surface area contributed by atoms with Gasteiger partial charge in [0.25, 0.3) is 0 Å².